The largest absolute Gasteiger partial charge is 0.493 e. The number of carbonyl (C=O) groups excluding carboxylic acids is 1. The Balaban J connectivity index is 1.55. The summed E-state index contributed by atoms with van der Waals surface area (Å²) >= 11 is 0. The Morgan fingerprint density at radius 2 is 2.17 bits per heavy atom. The van der Waals surface area contributed by atoms with Gasteiger partial charge in [-0.05, 0) is 54.7 Å². The highest BCUT2D eigenvalue weighted by Crippen LogP contribution is 2.34. The fourth-order valence-corrected chi connectivity index (χ4v) is 3.90. The van der Waals surface area contributed by atoms with Gasteiger partial charge in [-0.2, -0.15) is 0 Å². The molecule has 3 nitrogen and oxygen atoms in total. The van der Waals surface area contributed by atoms with Crippen molar-refractivity contribution in [3.8, 4) is 5.75 Å². The van der Waals surface area contributed by atoms with E-state index in [1.54, 1.807) is 0 Å². The van der Waals surface area contributed by atoms with E-state index in [1.807, 2.05) is 4.90 Å². The van der Waals surface area contributed by atoms with Crippen molar-refractivity contribution in [3.63, 3.8) is 0 Å². The second-order valence-corrected chi connectivity index (χ2v) is 7.18. The number of fused-ring (bicyclic) bond motifs is 1. The molecule has 1 aromatic rings. The number of carbonyl (C=O) groups is 1. The van der Waals surface area contributed by atoms with Crippen LogP contribution in [0.3, 0.4) is 0 Å². The minimum absolute atomic E-state index is 0.347. The predicted molar refractivity (Wildman–Crippen MR) is 92.9 cm³/mol. The van der Waals surface area contributed by atoms with E-state index in [4.69, 9.17) is 4.74 Å². The van der Waals surface area contributed by atoms with Crippen molar-refractivity contribution in [3.05, 3.63) is 29.3 Å². The second kappa shape index (κ2) is 7.37. The molecule has 3 rings (SSSR count). The number of amides is 1. The molecule has 0 aliphatic carbocycles. The molecule has 2 atom stereocenters. The van der Waals surface area contributed by atoms with Crippen LogP contribution in [0.4, 0.5) is 0 Å². The summed E-state index contributed by atoms with van der Waals surface area (Å²) < 4.78 is 5.72. The number of ether oxygens (including phenoxy) is 1. The fourth-order valence-electron chi connectivity index (χ4n) is 3.90. The molecule has 0 N–H and O–H groups in total. The maximum absolute atomic E-state index is 11.7. The first-order valence-electron chi connectivity index (χ1n) is 9.20. The predicted octanol–water partition coefficient (Wildman–Crippen LogP) is 4.15. The highest BCUT2D eigenvalue weighted by atomic mass is 16.5. The molecule has 2 unspecified atom stereocenters. The van der Waals surface area contributed by atoms with E-state index in [2.05, 4.69) is 32.0 Å². The molecular weight excluding hydrogens is 286 g/mol. The van der Waals surface area contributed by atoms with Gasteiger partial charge in [0, 0.05) is 25.9 Å². The van der Waals surface area contributed by atoms with Crippen LogP contribution in [0.2, 0.25) is 0 Å². The minimum atomic E-state index is 0.347. The summed E-state index contributed by atoms with van der Waals surface area (Å²) in [5, 5.41) is 0. The van der Waals surface area contributed by atoms with Crippen molar-refractivity contribution in [2.45, 2.75) is 58.3 Å². The molecule has 0 radical (unpaired) electrons. The lowest BCUT2D eigenvalue weighted by molar-refractivity contribution is -0.127. The summed E-state index contributed by atoms with van der Waals surface area (Å²) in [4.78, 5) is 13.7. The molecule has 1 amide bonds. The van der Waals surface area contributed by atoms with Crippen molar-refractivity contribution in [2.75, 3.05) is 19.7 Å². The van der Waals surface area contributed by atoms with Gasteiger partial charge in [-0.25, -0.2) is 0 Å². The van der Waals surface area contributed by atoms with Crippen LogP contribution in [0.15, 0.2) is 18.2 Å². The van der Waals surface area contributed by atoms with E-state index in [0.717, 1.165) is 57.6 Å². The topological polar surface area (TPSA) is 29.5 Å². The van der Waals surface area contributed by atoms with Crippen molar-refractivity contribution in [2.24, 2.45) is 5.92 Å². The van der Waals surface area contributed by atoms with E-state index in [0.29, 0.717) is 17.7 Å². The quantitative estimate of drug-likeness (QED) is 0.756. The van der Waals surface area contributed by atoms with Gasteiger partial charge in [0.25, 0.3) is 0 Å². The lowest BCUT2D eigenvalue weighted by Crippen LogP contribution is -2.27. The first-order valence-corrected chi connectivity index (χ1v) is 9.20. The third-order valence-electron chi connectivity index (χ3n) is 5.43. The van der Waals surface area contributed by atoms with Gasteiger partial charge in [-0.1, -0.05) is 26.0 Å². The molecule has 2 heterocycles. The molecular formula is C20H29NO2. The van der Waals surface area contributed by atoms with Gasteiger partial charge in [-0.15, -0.1) is 0 Å². The zero-order valence-corrected chi connectivity index (χ0v) is 14.5. The summed E-state index contributed by atoms with van der Waals surface area (Å²) in [6.45, 7) is 7.33. The molecule has 1 saturated heterocycles. The van der Waals surface area contributed by atoms with Crippen molar-refractivity contribution in [1.82, 2.24) is 4.90 Å². The molecule has 2 aliphatic heterocycles. The Bertz CT molecular complexity index is 555. The number of benzene rings is 1. The molecule has 2 aliphatic rings. The van der Waals surface area contributed by atoms with Gasteiger partial charge in [0.05, 0.1) is 6.61 Å². The summed E-state index contributed by atoms with van der Waals surface area (Å²) in [7, 11) is 0. The molecule has 3 heteroatoms. The van der Waals surface area contributed by atoms with Crippen molar-refractivity contribution < 1.29 is 9.53 Å². The van der Waals surface area contributed by atoms with E-state index in [-0.39, 0.29) is 0 Å². The van der Waals surface area contributed by atoms with E-state index in [1.165, 1.54) is 17.5 Å². The van der Waals surface area contributed by atoms with Crippen LogP contribution >= 0.6 is 0 Å². The number of hydrogen-bond donors (Lipinski definition) is 0. The van der Waals surface area contributed by atoms with Gasteiger partial charge in [0.15, 0.2) is 0 Å². The molecule has 1 fully saturated rings. The molecule has 0 spiro atoms. The fraction of sp³-hybridized carbons (Fsp3) is 0.650. The highest BCUT2D eigenvalue weighted by molar-refractivity contribution is 5.77. The Hall–Kier alpha value is -1.51. The molecule has 0 aromatic heterocycles. The molecule has 1 aromatic carbocycles. The number of nitrogens with zero attached hydrogens (tertiary/aromatic N) is 1. The monoisotopic (exact) mass is 315 g/mol. The Morgan fingerprint density at radius 1 is 1.30 bits per heavy atom. The van der Waals surface area contributed by atoms with E-state index in [9.17, 15) is 4.79 Å². The van der Waals surface area contributed by atoms with Gasteiger partial charge < -0.3 is 9.64 Å². The normalized spacial score (nSPS) is 19.6. The van der Waals surface area contributed by atoms with Crippen molar-refractivity contribution >= 4 is 5.91 Å². The van der Waals surface area contributed by atoms with Crippen molar-refractivity contribution in [1.29, 1.82) is 0 Å². The van der Waals surface area contributed by atoms with Gasteiger partial charge >= 0.3 is 0 Å². The first kappa shape index (κ1) is 16.4. The molecule has 126 valence electrons. The number of hydrogen-bond acceptors (Lipinski definition) is 2. The van der Waals surface area contributed by atoms with Crippen LogP contribution in [-0.2, 0) is 11.2 Å². The maximum atomic E-state index is 11.7. The van der Waals surface area contributed by atoms with Crippen LogP contribution in [0.25, 0.3) is 0 Å². The van der Waals surface area contributed by atoms with Gasteiger partial charge in [-0.3, -0.25) is 4.79 Å². The van der Waals surface area contributed by atoms with E-state index < -0.39 is 0 Å². The van der Waals surface area contributed by atoms with Crippen LogP contribution in [-0.4, -0.2) is 30.5 Å². The second-order valence-electron chi connectivity index (χ2n) is 7.18. The average molecular weight is 315 g/mol. The average Bonchev–Trinajstić information content (AvgIpc) is 3.18. The smallest absolute Gasteiger partial charge is 0.222 e. The Labute approximate surface area is 140 Å². The van der Waals surface area contributed by atoms with Gasteiger partial charge in [0.1, 0.15) is 5.75 Å². The van der Waals surface area contributed by atoms with Crippen LogP contribution in [0, 0.1) is 5.92 Å². The standard InChI is InChI=1S/C20H29NO2/c1-3-16(18-7-6-17-9-12-23-19(17)14-18)13-15(2)8-11-21-10-4-5-20(21)22/h6-7,14-16H,3-5,8-13H2,1-2H3. The third kappa shape index (κ3) is 3.88. The summed E-state index contributed by atoms with van der Waals surface area (Å²) in [5.74, 6) is 2.67. The molecule has 0 bridgehead atoms. The zero-order valence-electron chi connectivity index (χ0n) is 14.5. The zero-order chi connectivity index (χ0) is 16.2. The Morgan fingerprint density at radius 3 is 2.91 bits per heavy atom. The van der Waals surface area contributed by atoms with Gasteiger partial charge in [0.2, 0.25) is 5.91 Å². The summed E-state index contributed by atoms with van der Waals surface area (Å²) in [6, 6.07) is 6.79. The van der Waals surface area contributed by atoms with Crippen LogP contribution in [0.5, 0.6) is 5.75 Å². The first-order chi connectivity index (χ1) is 11.2. The summed E-state index contributed by atoms with van der Waals surface area (Å²) in [5.41, 5.74) is 2.77. The highest BCUT2D eigenvalue weighted by Gasteiger charge is 2.22. The molecule has 23 heavy (non-hydrogen) atoms. The lowest BCUT2D eigenvalue weighted by atomic mass is 9.86. The van der Waals surface area contributed by atoms with E-state index >= 15 is 0 Å². The van der Waals surface area contributed by atoms with Crippen LogP contribution < -0.4 is 4.74 Å². The molecule has 0 saturated carbocycles. The number of likely N-dealkylation sites (tertiary alicyclic amines) is 1. The minimum Gasteiger partial charge on any atom is -0.493 e. The Kier molecular flexibility index (Phi) is 5.24. The third-order valence-corrected chi connectivity index (χ3v) is 5.43. The lowest BCUT2D eigenvalue weighted by Gasteiger charge is -2.23. The maximum Gasteiger partial charge on any atom is 0.222 e. The van der Waals surface area contributed by atoms with Crippen LogP contribution in [0.1, 0.15) is 63.0 Å². The SMILES string of the molecule is CCC(CC(C)CCN1CCCC1=O)c1ccc2c(c1)OCC2. The number of rotatable bonds is 7. The summed E-state index contributed by atoms with van der Waals surface area (Å²) in [6.07, 6.45) is 6.31.